The molecule has 4 nitrogen and oxygen atoms in total. The second kappa shape index (κ2) is 7.98. The van der Waals surface area contributed by atoms with E-state index in [4.69, 9.17) is 0 Å². The van der Waals surface area contributed by atoms with Gasteiger partial charge in [-0.1, -0.05) is 78.9 Å². The number of anilines is 1. The molecule has 0 spiro atoms. The Balaban J connectivity index is 1.86. The molecule has 0 aliphatic carbocycles. The van der Waals surface area contributed by atoms with Crippen molar-refractivity contribution in [3.63, 3.8) is 0 Å². The maximum absolute atomic E-state index is 13.7. The molecule has 0 saturated carbocycles. The van der Waals surface area contributed by atoms with Crippen molar-refractivity contribution >= 4 is 28.3 Å². The molecule has 0 aromatic heterocycles. The van der Waals surface area contributed by atoms with Crippen molar-refractivity contribution in [3.8, 4) is 0 Å². The highest BCUT2D eigenvalue weighted by Gasteiger charge is 2.24. The van der Waals surface area contributed by atoms with Crippen LogP contribution in [0.1, 0.15) is 26.3 Å². The Morgan fingerprint density at radius 1 is 0.690 bits per heavy atom. The number of para-hydroxylation sites is 1. The average Bonchev–Trinajstić information content (AvgIpc) is 2.77. The van der Waals surface area contributed by atoms with Crippen molar-refractivity contribution < 1.29 is 14.7 Å². The first-order valence-electron chi connectivity index (χ1n) is 9.31. The van der Waals surface area contributed by atoms with Crippen LogP contribution in [-0.4, -0.2) is 17.0 Å². The molecule has 4 aromatic carbocycles. The zero-order valence-corrected chi connectivity index (χ0v) is 15.7. The van der Waals surface area contributed by atoms with E-state index >= 15 is 0 Å². The van der Waals surface area contributed by atoms with Gasteiger partial charge in [-0.05, 0) is 34.5 Å². The molecule has 0 bridgehead atoms. The Morgan fingerprint density at radius 3 is 2.10 bits per heavy atom. The summed E-state index contributed by atoms with van der Waals surface area (Å²) in [7, 11) is 0. The summed E-state index contributed by atoms with van der Waals surface area (Å²) in [5.41, 5.74) is 1.93. The van der Waals surface area contributed by atoms with Crippen LogP contribution in [0.4, 0.5) is 5.69 Å². The lowest BCUT2D eigenvalue weighted by Gasteiger charge is -2.25. The molecule has 4 heteroatoms. The molecular weight excluding hydrogens is 362 g/mol. The molecule has 0 unspecified atom stereocenters. The topological polar surface area (TPSA) is 57.6 Å². The van der Waals surface area contributed by atoms with Crippen molar-refractivity contribution in [2.45, 2.75) is 6.54 Å². The van der Waals surface area contributed by atoms with Crippen LogP contribution in [0.15, 0.2) is 97.1 Å². The fraction of sp³-hybridized carbons (Fsp3) is 0.0400. The van der Waals surface area contributed by atoms with Gasteiger partial charge in [0.15, 0.2) is 0 Å². The van der Waals surface area contributed by atoms with Crippen LogP contribution in [0.3, 0.4) is 0 Å². The van der Waals surface area contributed by atoms with Crippen LogP contribution in [-0.2, 0) is 6.54 Å². The number of carboxylic acid groups (broad SMARTS) is 1. The quantitative estimate of drug-likeness (QED) is 0.505. The minimum Gasteiger partial charge on any atom is -0.478 e. The van der Waals surface area contributed by atoms with E-state index in [1.165, 1.54) is 6.07 Å². The lowest BCUT2D eigenvalue weighted by Crippen LogP contribution is -2.32. The minimum atomic E-state index is -1.07. The molecule has 0 heterocycles. The van der Waals surface area contributed by atoms with E-state index in [1.807, 2.05) is 66.7 Å². The third-order valence-electron chi connectivity index (χ3n) is 4.87. The van der Waals surface area contributed by atoms with Gasteiger partial charge in [0.2, 0.25) is 0 Å². The molecule has 4 rings (SSSR count). The molecule has 4 aromatic rings. The monoisotopic (exact) mass is 381 g/mol. The molecule has 0 atom stereocenters. The van der Waals surface area contributed by atoms with Gasteiger partial charge < -0.3 is 10.0 Å². The van der Waals surface area contributed by atoms with Crippen LogP contribution >= 0.6 is 0 Å². The molecule has 0 saturated heterocycles. The van der Waals surface area contributed by atoms with E-state index in [0.717, 1.165) is 16.3 Å². The number of amides is 1. The summed E-state index contributed by atoms with van der Waals surface area (Å²) in [4.78, 5) is 27.0. The van der Waals surface area contributed by atoms with Gasteiger partial charge in [-0.25, -0.2) is 4.79 Å². The van der Waals surface area contributed by atoms with Crippen LogP contribution in [0.25, 0.3) is 10.8 Å². The maximum Gasteiger partial charge on any atom is 0.337 e. The SMILES string of the molecule is O=C(O)c1ccccc1N(Cc1ccccc1)C(=O)c1cccc2ccccc12. The fourth-order valence-corrected chi connectivity index (χ4v) is 3.48. The number of benzene rings is 4. The summed E-state index contributed by atoms with van der Waals surface area (Å²) in [6.07, 6.45) is 0. The Kier molecular flexibility index (Phi) is 5.08. The van der Waals surface area contributed by atoms with Gasteiger partial charge in [0.25, 0.3) is 5.91 Å². The second-order valence-electron chi connectivity index (χ2n) is 6.73. The minimum absolute atomic E-state index is 0.0945. The smallest absolute Gasteiger partial charge is 0.337 e. The number of hydrogen-bond donors (Lipinski definition) is 1. The largest absolute Gasteiger partial charge is 0.478 e. The van der Waals surface area contributed by atoms with Gasteiger partial charge in [-0.3, -0.25) is 4.79 Å². The number of aromatic carboxylic acids is 1. The first kappa shape index (κ1) is 18.4. The third kappa shape index (κ3) is 3.73. The summed E-state index contributed by atoms with van der Waals surface area (Å²) in [5.74, 6) is -1.30. The molecule has 0 fully saturated rings. The van der Waals surface area contributed by atoms with E-state index in [1.54, 1.807) is 29.2 Å². The fourth-order valence-electron chi connectivity index (χ4n) is 3.48. The van der Waals surface area contributed by atoms with E-state index in [0.29, 0.717) is 11.3 Å². The van der Waals surface area contributed by atoms with E-state index in [-0.39, 0.29) is 18.0 Å². The number of fused-ring (bicyclic) bond motifs is 1. The predicted octanol–water partition coefficient (Wildman–Crippen LogP) is 5.39. The highest BCUT2D eigenvalue weighted by Crippen LogP contribution is 2.27. The molecule has 29 heavy (non-hydrogen) atoms. The Hall–Kier alpha value is -3.92. The van der Waals surface area contributed by atoms with Gasteiger partial charge in [0.05, 0.1) is 17.8 Å². The van der Waals surface area contributed by atoms with Crippen molar-refractivity contribution in [3.05, 3.63) is 114 Å². The number of rotatable bonds is 5. The highest BCUT2D eigenvalue weighted by molar-refractivity contribution is 6.15. The van der Waals surface area contributed by atoms with Crippen molar-refractivity contribution in [2.75, 3.05) is 4.90 Å². The summed E-state index contributed by atoms with van der Waals surface area (Å²) in [6.45, 7) is 0.271. The summed E-state index contributed by atoms with van der Waals surface area (Å²) in [5, 5.41) is 11.5. The predicted molar refractivity (Wildman–Crippen MR) is 114 cm³/mol. The molecule has 0 aliphatic rings. The Bertz CT molecular complexity index is 1180. The zero-order chi connectivity index (χ0) is 20.2. The number of carboxylic acids is 1. The molecular formula is C25H19NO3. The summed E-state index contributed by atoms with van der Waals surface area (Å²) >= 11 is 0. The number of nitrogens with zero attached hydrogens (tertiary/aromatic N) is 1. The Morgan fingerprint density at radius 2 is 1.31 bits per heavy atom. The molecule has 1 N–H and O–H groups in total. The normalized spacial score (nSPS) is 10.6. The van der Waals surface area contributed by atoms with Gasteiger partial charge in [-0.15, -0.1) is 0 Å². The number of hydrogen-bond acceptors (Lipinski definition) is 2. The molecule has 0 radical (unpaired) electrons. The van der Waals surface area contributed by atoms with Crippen LogP contribution in [0, 0.1) is 0 Å². The lowest BCUT2D eigenvalue weighted by atomic mass is 10.0. The standard InChI is InChI=1S/C25H19NO3/c27-24(21-15-8-12-19-11-4-5-13-20(19)21)26(17-18-9-2-1-3-10-18)23-16-7-6-14-22(23)25(28)29/h1-16H,17H2,(H,28,29). The second-order valence-corrected chi connectivity index (χ2v) is 6.73. The van der Waals surface area contributed by atoms with Crippen LogP contribution < -0.4 is 4.90 Å². The summed E-state index contributed by atoms with van der Waals surface area (Å²) in [6, 6.07) is 29.4. The number of carbonyl (C=O) groups is 2. The van der Waals surface area contributed by atoms with Gasteiger partial charge in [0.1, 0.15) is 0 Å². The van der Waals surface area contributed by atoms with Crippen LogP contribution in [0.2, 0.25) is 0 Å². The van der Waals surface area contributed by atoms with Gasteiger partial charge >= 0.3 is 5.97 Å². The first-order valence-corrected chi connectivity index (χ1v) is 9.31. The summed E-state index contributed by atoms with van der Waals surface area (Å²) < 4.78 is 0. The lowest BCUT2D eigenvalue weighted by molar-refractivity contribution is 0.0697. The first-order chi connectivity index (χ1) is 14.1. The van der Waals surface area contributed by atoms with E-state index in [9.17, 15) is 14.7 Å². The highest BCUT2D eigenvalue weighted by atomic mass is 16.4. The third-order valence-corrected chi connectivity index (χ3v) is 4.87. The number of carbonyl (C=O) groups excluding carboxylic acids is 1. The van der Waals surface area contributed by atoms with Gasteiger partial charge in [0, 0.05) is 5.56 Å². The van der Waals surface area contributed by atoms with Crippen molar-refractivity contribution in [2.24, 2.45) is 0 Å². The zero-order valence-electron chi connectivity index (χ0n) is 15.7. The Labute approximate surface area is 168 Å². The van der Waals surface area contributed by atoms with Crippen LogP contribution in [0.5, 0.6) is 0 Å². The molecule has 142 valence electrons. The van der Waals surface area contributed by atoms with E-state index < -0.39 is 5.97 Å². The molecule has 1 amide bonds. The average molecular weight is 381 g/mol. The van der Waals surface area contributed by atoms with E-state index in [2.05, 4.69) is 0 Å². The van der Waals surface area contributed by atoms with Gasteiger partial charge in [-0.2, -0.15) is 0 Å². The maximum atomic E-state index is 13.7. The van der Waals surface area contributed by atoms with Crippen molar-refractivity contribution in [1.82, 2.24) is 0 Å². The molecule has 0 aliphatic heterocycles. The van der Waals surface area contributed by atoms with Crippen molar-refractivity contribution in [1.29, 1.82) is 0 Å².